The fourth-order valence-corrected chi connectivity index (χ4v) is 3.22. The maximum atomic E-state index is 13.3. The standard InChI is InChI=1S/C21H14F2N2O2/c22-13-9-14(23)11-15(10-13)24-20(26)12-25-18-7-3-1-5-16(18)21(27)17-6-2-4-8-19(17)25/h1-11H,12H2,(H,24,26). The number of aromatic nitrogens is 1. The molecule has 1 heterocycles. The number of nitrogens with one attached hydrogen (secondary N) is 1. The molecule has 0 aliphatic rings. The van der Waals surface area contributed by atoms with Gasteiger partial charge < -0.3 is 9.88 Å². The molecule has 0 saturated heterocycles. The van der Waals surface area contributed by atoms with Crippen LogP contribution in [0.5, 0.6) is 0 Å². The van der Waals surface area contributed by atoms with E-state index in [0.717, 1.165) is 18.2 Å². The highest BCUT2D eigenvalue weighted by molar-refractivity contribution is 5.97. The van der Waals surface area contributed by atoms with Crippen molar-refractivity contribution >= 4 is 33.4 Å². The minimum absolute atomic E-state index is 0.0344. The van der Waals surface area contributed by atoms with Gasteiger partial charge in [0.1, 0.15) is 18.2 Å². The van der Waals surface area contributed by atoms with E-state index in [-0.39, 0.29) is 17.7 Å². The monoisotopic (exact) mass is 364 g/mol. The molecule has 4 rings (SSSR count). The highest BCUT2D eigenvalue weighted by atomic mass is 19.1. The maximum Gasteiger partial charge on any atom is 0.244 e. The van der Waals surface area contributed by atoms with Crippen LogP contribution in [0.2, 0.25) is 0 Å². The minimum atomic E-state index is -0.774. The molecule has 1 aromatic heterocycles. The highest BCUT2D eigenvalue weighted by Gasteiger charge is 2.13. The number of halogens is 2. The van der Waals surface area contributed by atoms with Crippen LogP contribution in [0.25, 0.3) is 21.8 Å². The van der Waals surface area contributed by atoms with Crippen LogP contribution in [0.3, 0.4) is 0 Å². The number of rotatable bonds is 3. The van der Waals surface area contributed by atoms with Gasteiger partial charge in [0.25, 0.3) is 0 Å². The summed E-state index contributed by atoms with van der Waals surface area (Å²) in [6.45, 7) is -0.112. The Labute approximate surface area is 152 Å². The van der Waals surface area contributed by atoms with Crippen LogP contribution in [0.1, 0.15) is 0 Å². The molecule has 1 N–H and O–H groups in total. The van der Waals surface area contributed by atoms with Gasteiger partial charge in [-0.1, -0.05) is 24.3 Å². The Balaban J connectivity index is 1.79. The smallest absolute Gasteiger partial charge is 0.244 e. The van der Waals surface area contributed by atoms with Gasteiger partial charge in [-0.2, -0.15) is 0 Å². The van der Waals surface area contributed by atoms with E-state index in [4.69, 9.17) is 0 Å². The quantitative estimate of drug-likeness (QED) is 0.557. The molecular formula is C21H14F2N2O2. The number of hydrogen-bond donors (Lipinski definition) is 1. The molecule has 0 spiro atoms. The summed E-state index contributed by atoms with van der Waals surface area (Å²) >= 11 is 0. The first kappa shape index (κ1) is 16.9. The van der Waals surface area contributed by atoms with Gasteiger partial charge in [-0.25, -0.2) is 8.78 Å². The van der Waals surface area contributed by atoms with Gasteiger partial charge in [-0.3, -0.25) is 9.59 Å². The van der Waals surface area contributed by atoms with Crippen LogP contribution in [-0.2, 0) is 11.3 Å². The van der Waals surface area contributed by atoms with Crippen molar-refractivity contribution in [2.45, 2.75) is 6.54 Å². The van der Waals surface area contributed by atoms with Crippen LogP contribution >= 0.6 is 0 Å². The van der Waals surface area contributed by atoms with Gasteiger partial charge in [-0.15, -0.1) is 0 Å². The molecule has 27 heavy (non-hydrogen) atoms. The summed E-state index contributed by atoms with van der Waals surface area (Å²) in [5.74, 6) is -2.01. The highest BCUT2D eigenvalue weighted by Crippen LogP contribution is 2.19. The van der Waals surface area contributed by atoms with Crippen molar-refractivity contribution in [2.75, 3.05) is 5.32 Å². The normalized spacial score (nSPS) is 11.0. The van der Waals surface area contributed by atoms with Gasteiger partial charge in [0.05, 0.1) is 11.0 Å². The molecule has 134 valence electrons. The lowest BCUT2D eigenvalue weighted by molar-refractivity contribution is -0.116. The summed E-state index contributed by atoms with van der Waals surface area (Å²) in [7, 11) is 0. The van der Waals surface area contributed by atoms with Crippen molar-refractivity contribution in [1.82, 2.24) is 4.57 Å². The first-order valence-corrected chi connectivity index (χ1v) is 8.29. The number of fused-ring (bicyclic) bond motifs is 2. The number of pyridine rings is 1. The Morgan fingerprint density at radius 3 is 1.93 bits per heavy atom. The Kier molecular flexibility index (Phi) is 4.16. The van der Waals surface area contributed by atoms with Crippen LogP contribution in [0, 0.1) is 11.6 Å². The summed E-state index contributed by atoms with van der Waals surface area (Å²) in [5.41, 5.74) is 1.15. The molecule has 0 radical (unpaired) electrons. The Hall–Kier alpha value is -3.54. The molecule has 0 aliphatic carbocycles. The van der Waals surface area contributed by atoms with Crippen molar-refractivity contribution in [3.05, 3.63) is 88.6 Å². The average molecular weight is 364 g/mol. The van der Waals surface area contributed by atoms with E-state index in [9.17, 15) is 18.4 Å². The van der Waals surface area contributed by atoms with E-state index in [1.54, 1.807) is 53.1 Å². The lowest BCUT2D eigenvalue weighted by Gasteiger charge is -2.15. The zero-order valence-corrected chi connectivity index (χ0v) is 14.1. The Morgan fingerprint density at radius 2 is 1.37 bits per heavy atom. The van der Waals surface area contributed by atoms with Crippen LogP contribution in [0.4, 0.5) is 14.5 Å². The molecule has 0 atom stereocenters. The predicted octanol–water partition coefficient (Wildman–Crippen LogP) is 4.07. The number of amides is 1. The van der Waals surface area contributed by atoms with Gasteiger partial charge >= 0.3 is 0 Å². The first-order chi connectivity index (χ1) is 13.0. The third kappa shape index (κ3) is 3.17. The number of anilines is 1. The summed E-state index contributed by atoms with van der Waals surface area (Å²) in [4.78, 5) is 25.2. The molecule has 3 aromatic carbocycles. The van der Waals surface area contributed by atoms with E-state index in [1.165, 1.54) is 0 Å². The minimum Gasteiger partial charge on any atom is -0.331 e. The lowest BCUT2D eigenvalue weighted by Crippen LogP contribution is -2.21. The van der Waals surface area contributed by atoms with E-state index in [1.807, 2.05) is 0 Å². The largest absolute Gasteiger partial charge is 0.331 e. The topological polar surface area (TPSA) is 51.1 Å². The van der Waals surface area contributed by atoms with E-state index < -0.39 is 17.5 Å². The van der Waals surface area contributed by atoms with Crippen molar-refractivity contribution in [1.29, 1.82) is 0 Å². The summed E-state index contributed by atoms with van der Waals surface area (Å²) < 4.78 is 28.4. The summed E-state index contributed by atoms with van der Waals surface area (Å²) in [5, 5.41) is 3.50. The van der Waals surface area contributed by atoms with E-state index >= 15 is 0 Å². The number of nitrogens with zero attached hydrogens (tertiary/aromatic N) is 1. The van der Waals surface area contributed by atoms with Crippen LogP contribution in [0.15, 0.2) is 71.5 Å². The molecule has 1 amide bonds. The van der Waals surface area contributed by atoms with E-state index in [2.05, 4.69) is 5.32 Å². The average Bonchev–Trinajstić information content (AvgIpc) is 2.64. The number of para-hydroxylation sites is 2. The van der Waals surface area contributed by atoms with Gasteiger partial charge in [0.2, 0.25) is 5.91 Å². The van der Waals surface area contributed by atoms with Gasteiger partial charge in [0, 0.05) is 22.5 Å². The fraction of sp³-hybridized carbons (Fsp3) is 0.0476. The van der Waals surface area contributed by atoms with Crippen molar-refractivity contribution in [3.63, 3.8) is 0 Å². The summed E-state index contributed by atoms with van der Waals surface area (Å²) in [6, 6.07) is 16.9. The summed E-state index contributed by atoms with van der Waals surface area (Å²) in [6.07, 6.45) is 0. The molecule has 0 unspecified atom stereocenters. The number of carbonyl (C=O) groups excluding carboxylic acids is 1. The number of carbonyl (C=O) groups is 1. The van der Waals surface area contributed by atoms with E-state index in [0.29, 0.717) is 21.8 Å². The van der Waals surface area contributed by atoms with Crippen molar-refractivity contribution < 1.29 is 13.6 Å². The fourth-order valence-electron chi connectivity index (χ4n) is 3.22. The molecular weight excluding hydrogens is 350 g/mol. The molecule has 0 aliphatic heterocycles. The van der Waals surface area contributed by atoms with Gasteiger partial charge in [0.15, 0.2) is 5.43 Å². The molecule has 0 bridgehead atoms. The number of hydrogen-bond acceptors (Lipinski definition) is 2. The Bertz CT molecular complexity index is 1170. The predicted molar refractivity (Wildman–Crippen MR) is 101 cm³/mol. The second-order valence-corrected chi connectivity index (χ2v) is 6.16. The SMILES string of the molecule is O=C(Cn1c2ccccc2c(=O)c2ccccc21)Nc1cc(F)cc(F)c1. The molecule has 6 heteroatoms. The molecule has 0 fully saturated rings. The second kappa shape index (κ2) is 6.64. The van der Waals surface area contributed by atoms with Crippen LogP contribution < -0.4 is 10.7 Å². The number of benzene rings is 3. The zero-order chi connectivity index (χ0) is 19.0. The van der Waals surface area contributed by atoms with Crippen LogP contribution in [-0.4, -0.2) is 10.5 Å². The third-order valence-electron chi connectivity index (χ3n) is 4.33. The van der Waals surface area contributed by atoms with Crippen molar-refractivity contribution in [2.24, 2.45) is 0 Å². The first-order valence-electron chi connectivity index (χ1n) is 8.29. The Morgan fingerprint density at radius 1 is 0.852 bits per heavy atom. The third-order valence-corrected chi connectivity index (χ3v) is 4.33. The second-order valence-electron chi connectivity index (χ2n) is 6.16. The maximum absolute atomic E-state index is 13.3. The van der Waals surface area contributed by atoms with Crippen molar-refractivity contribution in [3.8, 4) is 0 Å². The zero-order valence-electron chi connectivity index (χ0n) is 14.1. The molecule has 4 aromatic rings. The van der Waals surface area contributed by atoms with Gasteiger partial charge in [-0.05, 0) is 36.4 Å². The molecule has 4 nitrogen and oxygen atoms in total. The molecule has 0 saturated carbocycles. The lowest BCUT2D eigenvalue weighted by atomic mass is 10.1.